The Labute approximate surface area is 148 Å². The molecule has 0 aliphatic carbocycles. The molecule has 2 atom stereocenters. The number of nitrogens with zero attached hydrogens (tertiary/aromatic N) is 1. The molecule has 0 unspecified atom stereocenters. The van der Waals surface area contributed by atoms with Gasteiger partial charge in [-0.1, -0.05) is 19.1 Å². The predicted octanol–water partition coefficient (Wildman–Crippen LogP) is 3.55. The third-order valence-corrected chi connectivity index (χ3v) is 3.88. The molecule has 6 nitrogen and oxygen atoms in total. The Balaban J connectivity index is 1.98. The number of amides is 3. The number of rotatable bonds is 6. The smallest absolute Gasteiger partial charge is 0.315 e. The van der Waals surface area contributed by atoms with Crippen molar-refractivity contribution >= 4 is 17.6 Å². The first-order chi connectivity index (χ1) is 12.0. The summed E-state index contributed by atoms with van der Waals surface area (Å²) in [5, 5.41) is 8.66. The highest BCUT2D eigenvalue weighted by molar-refractivity contribution is 5.88. The van der Waals surface area contributed by atoms with Crippen LogP contribution in [0.2, 0.25) is 0 Å². The van der Waals surface area contributed by atoms with E-state index >= 15 is 0 Å². The number of hydrogen-bond donors (Lipinski definition) is 3. The van der Waals surface area contributed by atoms with E-state index in [1.54, 1.807) is 12.4 Å². The molecular weight excluding hydrogens is 316 g/mol. The number of anilines is 1. The molecule has 0 aliphatic rings. The normalized spacial score (nSPS) is 12.8. The topological polar surface area (TPSA) is 83.1 Å². The molecule has 0 saturated heterocycles. The van der Waals surface area contributed by atoms with Crippen LogP contribution in [-0.2, 0) is 4.79 Å². The molecule has 1 aromatic carbocycles. The number of pyridine rings is 1. The molecule has 2 rings (SSSR count). The number of hydrogen-bond acceptors (Lipinski definition) is 3. The highest BCUT2D eigenvalue weighted by Gasteiger charge is 2.15. The number of carbonyl (C=O) groups is 2. The van der Waals surface area contributed by atoms with Crippen LogP contribution in [0.5, 0.6) is 0 Å². The molecule has 1 heterocycles. The maximum absolute atomic E-state index is 12.3. The largest absolute Gasteiger partial charge is 0.332 e. The van der Waals surface area contributed by atoms with Crippen molar-refractivity contribution in [3.05, 3.63) is 59.9 Å². The standard InChI is InChI=1S/C19H24N4O2/c1-4-18(15-8-10-20-11-9-15)23-19(25)21-13(2)16-6-5-7-17(12-16)22-14(3)24/h5-13,18H,4H2,1-3H3,(H,22,24)(H2,21,23,25)/t13-,18+/m0/s1. The van der Waals surface area contributed by atoms with Crippen molar-refractivity contribution in [2.75, 3.05) is 5.32 Å². The molecule has 1 aromatic heterocycles. The Morgan fingerprint density at radius 3 is 2.44 bits per heavy atom. The van der Waals surface area contributed by atoms with E-state index in [4.69, 9.17) is 0 Å². The average Bonchev–Trinajstić information content (AvgIpc) is 2.60. The van der Waals surface area contributed by atoms with Crippen LogP contribution in [-0.4, -0.2) is 16.9 Å². The maximum atomic E-state index is 12.3. The van der Waals surface area contributed by atoms with Crippen LogP contribution >= 0.6 is 0 Å². The molecule has 3 amide bonds. The van der Waals surface area contributed by atoms with E-state index in [9.17, 15) is 9.59 Å². The minimum Gasteiger partial charge on any atom is -0.332 e. The first kappa shape index (κ1) is 18.4. The number of nitrogens with one attached hydrogen (secondary N) is 3. The van der Waals surface area contributed by atoms with Gasteiger partial charge in [-0.25, -0.2) is 4.79 Å². The van der Waals surface area contributed by atoms with E-state index in [1.165, 1.54) is 6.92 Å². The molecule has 25 heavy (non-hydrogen) atoms. The van der Waals surface area contributed by atoms with Crippen LogP contribution in [0.25, 0.3) is 0 Å². The number of urea groups is 1. The molecule has 6 heteroatoms. The lowest BCUT2D eigenvalue weighted by Crippen LogP contribution is -2.39. The van der Waals surface area contributed by atoms with Gasteiger partial charge in [0.2, 0.25) is 5.91 Å². The van der Waals surface area contributed by atoms with Crippen molar-refractivity contribution in [1.29, 1.82) is 0 Å². The molecule has 0 radical (unpaired) electrons. The van der Waals surface area contributed by atoms with Gasteiger partial charge in [-0.3, -0.25) is 9.78 Å². The van der Waals surface area contributed by atoms with Gasteiger partial charge in [0.05, 0.1) is 12.1 Å². The van der Waals surface area contributed by atoms with Gasteiger partial charge in [-0.15, -0.1) is 0 Å². The van der Waals surface area contributed by atoms with Gasteiger partial charge in [0.25, 0.3) is 0 Å². The summed E-state index contributed by atoms with van der Waals surface area (Å²) < 4.78 is 0. The van der Waals surface area contributed by atoms with E-state index in [0.717, 1.165) is 17.5 Å². The Kier molecular flexibility index (Phi) is 6.51. The predicted molar refractivity (Wildman–Crippen MR) is 98.1 cm³/mol. The molecule has 0 spiro atoms. The van der Waals surface area contributed by atoms with E-state index in [-0.39, 0.29) is 24.0 Å². The lowest BCUT2D eigenvalue weighted by molar-refractivity contribution is -0.114. The summed E-state index contributed by atoms with van der Waals surface area (Å²) in [4.78, 5) is 27.5. The summed E-state index contributed by atoms with van der Waals surface area (Å²) in [6.07, 6.45) is 4.21. The Hall–Kier alpha value is -2.89. The second kappa shape index (κ2) is 8.82. The van der Waals surface area contributed by atoms with E-state index in [1.807, 2.05) is 50.2 Å². The van der Waals surface area contributed by atoms with Crippen LogP contribution in [0.15, 0.2) is 48.8 Å². The van der Waals surface area contributed by atoms with E-state index < -0.39 is 0 Å². The van der Waals surface area contributed by atoms with Crippen molar-refractivity contribution in [3.63, 3.8) is 0 Å². The monoisotopic (exact) mass is 340 g/mol. The van der Waals surface area contributed by atoms with Crippen molar-refractivity contribution < 1.29 is 9.59 Å². The summed E-state index contributed by atoms with van der Waals surface area (Å²) in [6.45, 7) is 5.39. The molecule has 0 fully saturated rings. The van der Waals surface area contributed by atoms with Gasteiger partial charge >= 0.3 is 6.03 Å². The van der Waals surface area contributed by atoms with E-state index in [0.29, 0.717) is 5.69 Å². The summed E-state index contributed by atoms with van der Waals surface area (Å²) in [5.74, 6) is -0.126. The van der Waals surface area contributed by atoms with Gasteiger partial charge in [0.15, 0.2) is 0 Å². The highest BCUT2D eigenvalue weighted by atomic mass is 16.2. The fraction of sp³-hybridized carbons (Fsp3) is 0.316. The van der Waals surface area contributed by atoms with Crippen molar-refractivity contribution in [3.8, 4) is 0 Å². The maximum Gasteiger partial charge on any atom is 0.315 e. The second-order valence-electron chi connectivity index (χ2n) is 5.89. The third kappa shape index (κ3) is 5.60. The van der Waals surface area contributed by atoms with Crippen molar-refractivity contribution in [2.45, 2.75) is 39.3 Å². The highest BCUT2D eigenvalue weighted by Crippen LogP contribution is 2.18. The first-order valence-electron chi connectivity index (χ1n) is 8.34. The average molecular weight is 340 g/mol. The molecule has 3 N–H and O–H groups in total. The second-order valence-corrected chi connectivity index (χ2v) is 5.89. The summed E-state index contributed by atoms with van der Waals surface area (Å²) in [7, 11) is 0. The minimum absolute atomic E-state index is 0.0686. The zero-order valence-electron chi connectivity index (χ0n) is 14.7. The molecule has 0 aliphatic heterocycles. The summed E-state index contributed by atoms with van der Waals surface area (Å²) in [6, 6.07) is 10.7. The third-order valence-electron chi connectivity index (χ3n) is 3.88. The first-order valence-corrected chi connectivity index (χ1v) is 8.34. The number of benzene rings is 1. The number of carbonyl (C=O) groups excluding carboxylic acids is 2. The van der Waals surface area contributed by atoms with Gasteiger partial charge in [-0.05, 0) is 48.7 Å². The Bertz CT molecular complexity index is 718. The molecular formula is C19H24N4O2. The molecule has 132 valence electrons. The van der Waals surface area contributed by atoms with Gasteiger partial charge in [0, 0.05) is 25.0 Å². The van der Waals surface area contributed by atoms with E-state index in [2.05, 4.69) is 20.9 Å². The minimum atomic E-state index is -0.235. The van der Waals surface area contributed by atoms with Crippen LogP contribution in [0, 0.1) is 0 Å². The lowest BCUT2D eigenvalue weighted by Gasteiger charge is -2.21. The Morgan fingerprint density at radius 2 is 1.80 bits per heavy atom. The molecule has 0 bridgehead atoms. The van der Waals surface area contributed by atoms with Gasteiger partial charge in [0.1, 0.15) is 0 Å². The van der Waals surface area contributed by atoms with Crippen molar-refractivity contribution in [2.24, 2.45) is 0 Å². The van der Waals surface area contributed by atoms with Crippen LogP contribution < -0.4 is 16.0 Å². The SMILES string of the molecule is CC[C@@H](NC(=O)N[C@@H](C)c1cccc(NC(C)=O)c1)c1ccncc1. The fourth-order valence-corrected chi connectivity index (χ4v) is 2.59. The molecule has 0 saturated carbocycles. The fourth-order valence-electron chi connectivity index (χ4n) is 2.59. The van der Waals surface area contributed by atoms with Crippen LogP contribution in [0.1, 0.15) is 50.4 Å². The summed E-state index contributed by atoms with van der Waals surface area (Å²) in [5.41, 5.74) is 2.65. The zero-order valence-corrected chi connectivity index (χ0v) is 14.7. The number of aromatic nitrogens is 1. The van der Waals surface area contributed by atoms with Crippen molar-refractivity contribution in [1.82, 2.24) is 15.6 Å². The zero-order chi connectivity index (χ0) is 18.2. The van der Waals surface area contributed by atoms with Crippen LogP contribution in [0.3, 0.4) is 0 Å². The Morgan fingerprint density at radius 1 is 1.08 bits per heavy atom. The quantitative estimate of drug-likeness (QED) is 0.752. The summed E-state index contributed by atoms with van der Waals surface area (Å²) >= 11 is 0. The lowest BCUT2D eigenvalue weighted by atomic mass is 10.1. The molecule has 2 aromatic rings. The van der Waals surface area contributed by atoms with Gasteiger partial charge in [-0.2, -0.15) is 0 Å². The van der Waals surface area contributed by atoms with Gasteiger partial charge < -0.3 is 16.0 Å². The van der Waals surface area contributed by atoms with Crippen LogP contribution in [0.4, 0.5) is 10.5 Å².